The van der Waals surface area contributed by atoms with Gasteiger partial charge in [0.05, 0.1) is 32.7 Å². The van der Waals surface area contributed by atoms with E-state index in [1.165, 1.54) is 21.7 Å². The minimum absolute atomic E-state index is 0. The van der Waals surface area contributed by atoms with E-state index in [4.69, 9.17) is 15.3 Å². The topological polar surface area (TPSA) is 168 Å². The number of nitrogens with one attached hydrogen (secondary N) is 1. The van der Waals surface area contributed by atoms with Crippen LogP contribution in [0.2, 0.25) is 0 Å². The second-order valence-electron chi connectivity index (χ2n) is 6.44. The monoisotopic (exact) mass is 576 g/mol. The van der Waals surface area contributed by atoms with E-state index in [-0.39, 0.29) is 117 Å². The van der Waals surface area contributed by atoms with Crippen molar-refractivity contribution in [3.05, 3.63) is 0 Å². The Morgan fingerprint density at radius 1 is 0.667 bits per heavy atom. The molecule has 1 amide bonds. The Morgan fingerprint density at radius 2 is 1.03 bits per heavy atom. The van der Waals surface area contributed by atoms with Crippen molar-refractivity contribution in [1.82, 2.24) is 20.0 Å². The molecule has 174 valence electrons. The fraction of sp³-hybridized carbons (Fsp3) is 0.706. The number of amides is 1. The first kappa shape index (κ1) is 30.9. The second-order valence-corrected chi connectivity index (χ2v) is 6.44. The summed E-state index contributed by atoms with van der Waals surface area (Å²) < 4.78 is 0. The van der Waals surface area contributed by atoms with Crippen LogP contribution in [0.4, 0.5) is 0 Å². The second kappa shape index (κ2) is 17.4. The van der Waals surface area contributed by atoms with Gasteiger partial charge < -0.3 is 20.6 Å². The van der Waals surface area contributed by atoms with Gasteiger partial charge in [0.1, 0.15) is 5.78 Å². The molecule has 0 aromatic carbocycles. The number of ketones is 1. The van der Waals surface area contributed by atoms with Crippen LogP contribution < -0.4 is 5.32 Å². The molecular formula is C17H30GdN4O8. The number of nitrogens with zero attached hydrogens (tertiary/aromatic N) is 3. The molecular weight excluding hydrogens is 545 g/mol. The molecule has 0 fully saturated rings. The Hall–Kier alpha value is -1.25. The zero-order valence-corrected chi connectivity index (χ0v) is 19.4. The zero-order chi connectivity index (χ0) is 22.4. The fourth-order valence-electron chi connectivity index (χ4n) is 2.48. The Morgan fingerprint density at radius 3 is 1.40 bits per heavy atom. The molecule has 0 rings (SSSR count). The van der Waals surface area contributed by atoms with Gasteiger partial charge in [-0.05, 0) is 0 Å². The van der Waals surface area contributed by atoms with E-state index in [2.05, 4.69) is 5.32 Å². The Labute approximate surface area is 207 Å². The number of aliphatic carboxylic acids is 3. The minimum atomic E-state index is -1.12. The van der Waals surface area contributed by atoms with Crippen LogP contribution in [0.25, 0.3) is 0 Å². The molecule has 0 unspecified atom stereocenters. The molecule has 30 heavy (non-hydrogen) atoms. The van der Waals surface area contributed by atoms with Crippen molar-refractivity contribution in [2.45, 2.75) is 13.3 Å². The average molecular weight is 576 g/mol. The van der Waals surface area contributed by atoms with Crippen LogP contribution in [0, 0.1) is 39.9 Å². The molecule has 0 aromatic heterocycles. The molecule has 0 saturated heterocycles. The molecule has 0 saturated carbocycles. The van der Waals surface area contributed by atoms with Crippen LogP contribution in [0.15, 0.2) is 0 Å². The summed E-state index contributed by atoms with van der Waals surface area (Å²) >= 11 is 0. The largest absolute Gasteiger partial charge is 0.480 e. The maximum atomic E-state index is 11.6. The fourth-order valence-corrected chi connectivity index (χ4v) is 2.48. The number of carbonyl (C=O) groups is 5. The predicted molar refractivity (Wildman–Crippen MR) is 102 cm³/mol. The van der Waals surface area contributed by atoms with E-state index in [1.807, 2.05) is 0 Å². The Bertz CT molecular complexity index is 548. The van der Waals surface area contributed by atoms with E-state index >= 15 is 0 Å². The number of hydrogen-bond acceptors (Lipinski definition) is 8. The number of carbonyl (C=O) groups excluding carboxylic acids is 2. The van der Waals surface area contributed by atoms with Crippen LogP contribution in [0.3, 0.4) is 0 Å². The summed E-state index contributed by atoms with van der Waals surface area (Å²) in [5, 5.41) is 29.5. The van der Waals surface area contributed by atoms with Gasteiger partial charge in [0.2, 0.25) is 5.91 Å². The van der Waals surface area contributed by atoms with Gasteiger partial charge in [-0.2, -0.15) is 0 Å². The summed E-state index contributed by atoms with van der Waals surface area (Å²) in [6.07, 6.45) is 0.263. The SMILES string of the molecule is CCC(=O)CN(CCN(CCN(CC(=O)O)CC(=O)NC)CC(=O)O)CC(=O)O.[Gd]. The van der Waals surface area contributed by atoms with Crippen molar-refractivity contribution in [1.29, 1.82) is 0 Å². The summed E-state index contributed by atoms with van der Waals surface area (Å²) in [4.78, 5) is 60.5. The molecule has 0 aliphatic carbocycles. The number of Topliss-reactive ketones (excluding diaryl/α,β-unsaturated/α-hetero) is 1. The van der Waals surface area contributed by atoms with E-state index < -0.39 is 17.9 Å². The van der Waals surface area contributed by atoms with Crippen molar-refractivity contribution in [3.63, 3.8) is 0 Å². The first-order valence-electron chi connectivity index (χ1n) is 9.12. The van der Waals surface area contributed by atoms with Gasteiger partial charge in [-0.25, -0.2) is 0 Å². The summed E-state index contributed by atoms with van der Waals surface area (Å²) in [6.45, 7) is 0.978. The third-order valence-corrected chi connectivity index (χ3v) is 3.98. The van der Waals surface area contributed by atoms with E-state index in [0.29, 0.717) is 0 Å². The third kappa shape index (κ3) is 16.5. The summed E-state index contributed by atoms with van der Waals surface area (Å²) in [7, 11) is 1.42. The summed E-state index contributed by atoms with van der Waals surface area (Å²) in [5.41, 5.74) is 0. The molecule has 0 aliphatic rings. The molecule has 12 nitrogen and oxygen atoms in total. The van der Waals surface area contributed by atoms with Crippen molar-refractivity contribution in [2.24, 2.45) is 0 Å². The van der Waals surface area contributed by atoms with Crippen molar-refractivity contribution < 1.29 is 79.2 Å². The molecule has 0 radical (unpaired) electrons. The molecule has 0 aliphatic heterocycles. The van der Waals surface area contributed by atoms with Gasteiger partial charge in [-0.1, -0.05) is 6.92 Å². The number of rotatable bonds is 17. The van der Waals surface area contributed by atoms with Crippen LogP contribution >= 0.6 is 0 Å². The average Bonchev–Trinajstić information content (AvgIpc) is 2.61. The Kier molecular flexibility index (Phi) is 18.0. The molecule has 0 bridgehead atoms. The van der Waals surface area contributed by atoms with E-state index in [9.17, 15) is 24.0 Å². The van der Waals surface area contributed by atoms with Crippen molar-refractivity contribution >= 4 is 29.6 Å². The van der Waals surface area contributed by atoms with E-state index in [0.717, 1.165) is 0 Å². The number of hydrogen-bond donors (Lipinski definition) is 4. The molecule has 0 spiro atoms. The van der Waals surface area contributed by atoms with Gasteiger partial charge in [0.25, 0.3) is 0 Å². The predicted octanol–water partition coefficient (Wildman–Crippen LogP) is -2.13. The molecule has 4 N–H and O–H groups in total. The van der Waals surface area contributed by atoms with Crippen LogP contribution in [0.1, 0.15) is 13.3 Å². The van der Waals surface area contributed by atoms with Crippen molar-refractivity contribution in [2.75, 3.05) is 66.0 Å². The maximum absolute atomic E-state index is 11.6. The van der Waals surface area contributed by atoms with Gasteiger partial charge in [0, 0.05) is 79.6 Å². The number of carboxylic acids is 3. The van der Waals surface area contributed by atoms with E-state index in [1.54, 1.807) is 6.92 Å². The normalized spacial score (nSPS) is 10.7. The first-order valence-corrected chi connectivity index (χ1v) is 9.12. The number of carboxylic acid groups (broad SMARTS) is 3. The smallest absolute Gasteiger partial charge is 0.317 e. The standard InChI is InChI=1S/C17H30N4O8.Gd/c1-3-13(22)8-20(11-16(26)27)6-4-19(10-15(24)25)5-7-21(12-17(28)29)9-14(23)18-2;/h3-12H2,1-2H3,(H,18,23)(H,24,25)(H,26,27)(H,28,29);. The number of likely N-dealkylation sites (N-methyl/N-ethyl adjacent to an activating group) is 1. The van der Waals surface area contributed by atoms with Crippen LogP contribution in [0.5, 0.6) is 0 Å². The summed E-state index contributed by atoms with van der Waals surface area (Å²) in [5.74, 6) is -3.83. The molecule has 0 heterocycles. The van der Waals surface area contributed by atoms with Crippen LogP contribution in [-0.4, -0.2) is 126 Å². The minimum Gasteiger partial charge on any atom is -0.480 e. The van der Waals surface area contributed by atoms with Gasteiger partial charge in [-0.15, -0.1) is 0 Å². The molecule has 0 aromatic rings. The van der Waals surface area contributed by atoms with Crippen LogP contribution in [-0.2, 0) is 24.0 Å². The summed E-state index contributed by atoms with van der Waals surface area (Å²) in [6, 6.07) is 0. The zero-order valence-electron chi connectivity index (χ0n) is 17.1. The third-order valence-electron chi connectivity index (χ3n) is 3.98. The quantitative estimate of drug-likeness (QED) is 0.150. The maximum Gasteiger partial charge on any atom is 0.317 e. The van der Waals surface area contributed by atoms with Gasteiger partial charge >= 0.3 is 17.9 Å². The molecule has 0 atom stereocenters. The van der Waals surface area contributed by atoms with Crippen molar-refractivity contribution in [3.8, 4) is 0 Å². The van der Waals surface area contributed by atoms with Gasteiger partial charge in [0.15, 0.2) is 0 Å². The molecule has 13 heteroatoms. The Balaban J connectivity index is 0. The van der Waals surface area contributed by atoms with Gasteiger partial charge in [-0.3, -0.25) is 38.7 Å². The first-order chi connectivity index (χ1) is 13.6.